The lowest BCUT2D eigenvalue weighted by molar-refractivity contribution is -0.118. The maximum Gasteiger partial charge on any atom is 0.262 e. The van der Waals surface area contributed by atoms with Gasteiger partial charge in [0.05, 0.1) is 23.3 Å². The van der Waals surface area contributed by atoms with Gasteiger partial charge in [-0.15, -0.1) is 11.3 Å². The minimum Gasteiger partial charge on any atom is -0.482 e. The molecule has 3 aromatic carbocycles. The molecule has 0 saturated carbocycles. The molecule has 178 valence electrons. The van der Waals surface area contributed by atoms with Gasteiger partial charge in [0, 0.05) is 33.1 Å². The van der Waals surface area contributed by atoms with Gasteiger partial charge in [-0.3, -0.25) is 4.79 Å². The van der Waals surface area contributed by atoms with Crippen molar-refractivity contribution in [2.75, 3.05) is 11.9 Å². The number of thiazole rings is 1. The van der Waals surface area contributed by atoms with E-state index in [2.05, 4.69) is 22.4 Å². The van der Waals surface area contributed by atoms with Gasteiger partial charge in [-0.1, -0.05) is 30.3 Å². The van der Waals surface area contributed by atoms with Crippen LogP contribution in [0.15, 0.2) is 82.2 Å². The van der Waals surface area contributed by atoms with Gasteiger partial charge >= 0.3 is 0 Å². The van der Waals surface area contributed by atoms with Crippen LogP contribution in [0.4, 0.5) is 11.4 Å². The van der Waals surface area contributed by atoms with Gasteiger partial charge < -0.3 is 15.0 Å². The van der Waals surface area contributed by atoms with Crippen LogP contribution < -0.4 is 14.9 Å². The zero-order chi connectivity index (χ0) is 24.6. The number of hydrogen-bond acceptors (Lipinski definition) is 5. The van der Waals surface area contributed by atoms with Crippen molar-refractivity contribution < 1.29 is 9.53 Å². The van der Waals surface area contributed by atoms with Crippen molar-refractivity contribution in [3.8, 4) is 17.0 Å². The third-order valence-electron chi connectivity index (χ3n) is 6.07. The standard InChI is InChI=1S/C28H23N5O2S/c1-17-6-5-7-20(12-17)31-28-33(29-14-22-18(2)30-23-9-4-3-8-21(22)23)25(16-36-28)19-10-11-26-24(13-19)32-27(34)15-35-26/h3-14,16,30H,15H2,1-2H3,(H,32,34). The summed E-state index contributed by atoms with van der Waals surface area (Å²) < 4.78 is 7.38. The number of nitrogens with one attached hydrogen (secondary N) is 2. The first-order valence-electron chi connectivity index (χ1n) is 11.6. The zero-order valence-electron chi connectivity index (χ0n) is 19.8. The highest BCUT2D eigenvalue weighted by atomic mass is 32.1. The minimum atomic E-state index is -0.166. The van der Waals surface area contributed by atoms with Crippen LogP contribution in [0.3, 0.4) is 0 Å². The van der Waals surface area contributed by atoms with E-state index in [4.69, 9.17) is 14.8 Å². The number of hydrogen-bond donors (Lipinski definition) is 2. The number of aromatic nitrogens is 2. The number of amides is 1. The fourth-order valence-corrected chi connectivity index (χ4v) is 5.17. The molecule has 3 heterocycles. The van der Waals surface area contributed by atoms with Crippen molar-refractivity contribution in [1.82, 2.24) is 9.66 Å². The molecule has 0 spiro atoms. The monoisotopic (exact) mass is 493 g/mol. The Morgan fingerprint density at radius 2 is 1.94 bits per heavy atom. The molecule has 0 bridgehead atoms. The fraction of sp³-hybridized carbons (Fsp3) is 0.107. The smallest absolute Gasteiger partial charge is 0.262 e. The van der Waals surface area contributed by atoms with Crippen molar-refractivity contribution in [2.45, 2.75) is 13.8 Å². The van der Waals surface area contributed by atoms with E-state index < -0.39 is 0 Å². The maximum atomic E-state index is 11.9. The fourth-order valence-electron chi connectivity index (χ4n) is 4.32. The van der Waals surface area contributed by atoms with Gasteiger partial charge in [0.1, 0.15) is 5.75 Å². The van der Waals surface area contributed by atoms with Crippen molar-refractivity contribution in [1.29, 1.82) is 0 Å². The van der Waals surface area contributed by atoms with Crippen molar-refractivity contribution >= 4 is 45.7 Å². The number of benzene rings is 3. The van der Waals surface area contributed by atoms with E-state index in [1.54, 1.807) is 0 Å². The van der Waals surface area contributed by atoms with Crippen molar-refractivity contribution in [2.24, 2.45) is 10.1 Å². The quantitative estimate of drug-likeness (QED) is 0.312. The molecule has 0 unspecified atom stereocenters. The van der Waals surface area contributed by atoms with Gasteiger partial charge in [-0.05, 0) is 55.8 Å². The zero-order valence-corrected chi connectivity index (χ0v) is 20.6. The van der Waals surface area contributed by atoms with Gasteiger partial charge in [0.2, 0.25) is 4.80 Å². The molecule has 0 fully saturated rings. The highest BCUT2D eigenvalue weighted by Gasteiger charge is 2.18. The first-order chi connectivity index (χ1) is 17.5. The van der Waals surface area contributed by atoms with Crippen LogP contribution in [0.25, 0.3) is 22.2 Å². The average molecular weight is 494 g/mol. The van der Waals surface area contributed by atoms with E-state index in [1.165, 1.54) is 11.3 Å². The molecule has 0 aliphatic carbocycles. The first kappa shape index (κ1) is 22.1. The molecule has 7 nitrogen and oxygen atoms in total. The van der Waals surface area contributed by atoms with E-state index >= 15 is 0 Å². The number of carbonyl (C=O) groups is 1. The molecule has 2 aromatic heterocycles. The lowest BCUT2D eigenvalue weighted by Gasteiger charge is -2.18. The first-order valence-corrected chi connectivity index (χ1v) is 12.4. The van der Waals surface area contributed by atoms with Crippen LogP contribution in [0, 0.1) is 13.8 Å². The Kier molecular flexibility index (Phi) is 5.50. The van der Waals surface area contributed by atoms with E-state index in [1.807, 2.05) is 84.7 Å². The largest absolute Gasteiger partial charge is 0.482 e. The highest BCUT2D eigenvalue weighted by Crippen LogP contribution is 2.33. The van der Waals surface area contributed by atoms with Crippen LogP contribution in [-0.2, 0) is 4.79 Å². The van der Waals surface area contributed by atoms with Crippen LogP contribution in [-0.4, -0.2) is 28.4 Å². The highest BCUT2D eigenvalue weighted by molar-refractivity contribution is 7.07. The Morgan fingerprint density at radius 1 is 1.06 bits per heavy atom. The topological polar surface area (TPSA) is 83.8 Å². The van der Waals surface area contributed by atoms with E-state index in [-0.39, 0.29) is 12.5 Å². The number of H-pyrrole nitrogens is 1. The van der Waals surface area contributed by atoms with E-state index in [9.17, 15) is 4.79 Å². The molecule has 36 heavy (non-hydrogen) atoms. The van der Waals surface area contributed by atoms with E-state index in [0.717, 1.165) is 49.5 Å². The number of para-hydroxylation sites is 1. The number of ether oxygens (including phenoxy) is 1. The summed E-state index contributed by atoms with van der Waals surface area (Å²) in [7, 11) is 0. The molecular weight excluding hydrogens is 470 g/mol. The summed E-state index contributed by atoms with van der Waals surface area (Å²) in [6, 6.07) is 22.0. The number of fused-ring (bicyclic) bond motifs is 2. The predicted octanol–water partition coefficient (Wildman–Crippen LogP) is 5.76. The Labute approximate surface area is 211 Å². The number of anilines is 1. The third kappa shape index (κ3) is 4.12. The number of aryl methyl sites for hydroxylation is 2. The minimum absolute atomic E-state index is 0.0264. The lowest BCUT2D eigenvalue weighted by Crippen LogP contribution is -2.25. The molecule has 2 N–H and O–H groups in total. The van der Waals surface area contributed by atoms with Crippen LogP contribution >= 0.6 is 11.3 Å². The summed E-state index contributed by atoms with van der Waals surface area (Å²) in [6.45, 7) is 4.12. The van der Waals surface area contributed by atoms with Crippen LogP contribution in [0.5, 0.6) is 5.75 Å². The Bertz CT molecular complexity index is 1720. The third-order valence-corrected chi connectivity index (χ3v) is 6.88. The van der Waals surface area contributed by atoms with E-state index in [0.29, 0.717) is 11.4 Å². The molecular formula is C28H23N5O2S. The Hall–Kier alpha value is -4.43. The second kappa shape index (κ2) is 8.98. The normalized spacial score (nSPS) is 13.7. The SMILES string of the molecule is Cc1cccc(N=c2scc(-c3ccc4c(c3)NC(=O)CO4)n2N=Cc2c(C)[nH]c3ccccc23)c1. The summed E-state index contributed by atoms with van der Waals surface area (Å²) >= 11 is 1.51. The molecule has 0 radical (unpaired) electrons. The summed E-state index contributed by atoms with van der Waals surface area (Å²) in [5.74, 6) is 0.489. The Morgan fingerprint density at radius 3 is 2.83 bits per heavy atom. The number of aromatic amines is 1. The molecule has 6 rings (SSSR count). The van der Waals surface area contributed by atoms with Crippen molar-refractivity contribution in [3.05, 3.63) is 93.7 Å². The number of carbonyl (C=O) groups excluding carboxylic acids is 1. The number of rotatable bonds is 4. The second-order valence-electron chi connectivity index (χ2n) is 8.67. The lowest BCUT2D eigenvalue weighted by atomic mass is 10.1. The summed E-state index contributed by atoms with van der Waals surface area (Å²) in [5, 5.41) is 10.9. The average Bonchev–Trinajstić information content (AvgIpc) is 3.41. The second-order valence-corrected chi connectivity index (χ2v) is 9.50. The number of nitrogens with zero attached hydrogens (tertiary/aromatic N) is 3. The van der Waals surface area contributed by atoms with Gasteiger partial charge in [-0.2, -0.15) is 5.10 Å². The summed E-state index contributed by atoms with van der Waals surface area (Å²) in [5.41, 5.74) is 7.56. The molecule has 1 aliphatic heterocycles. The maximum absolute atomic E-state index is 11.9. The summed E-state index contributed by atoms with van der Waals surface area (Å²) in [6.07, 6.45) is 1.88. The molecule has 0 atom stereocenters. The molecule has 8 heteroatoms. The predicted molar refractivity (Wildman–Crippen MR) is 144 cm³/mol. The molecule has 1 amide bonds. The van der Waals surface area contributed by atoms with Crippen LogP contribution in [0.2, 0.25) is 0 Å². The van der Waals surface area contributed by atoms with Gasteiger partial charge in [0.15, 0.2) is 6.61 Å². The molecule has 0 saturated heterocycles. The van der Waals surface area contributed by atoms with Crippen LogP contribution in [0.1, 0.15) is 16.8 Å². The van der Waals surface area contributed by atoms with Gasteiger partial charge in [0.25, 0.3) is 5.91 Å². The summed E-state index contributed by atoms with van der Waals surface area (Å²) in [4.78, 5) is 20.9. The van der Waals surface area contributed by atoms with Crippen molar-refractivity contribution in [3.63, 3.8) is 0 Å². The molecule has 5 aromatic rings. The van der Waals surface area contributed by atoms with Gasteiger partial charge in [-0.25, -0.2) is 9.67 Å². The molecule has 1 aliphatic rings. The Balaban J connectivity index is 1.51.